The average molecular weight is 1120 g/mol. The number of carboxylic acid groups (broad SMARTS) is 1. The molecule has 0 aliphatic rings. The zero-order chi connectivity index (χ0) is 59.5. The number of rotatable bonds is 40. The van der Waals surface area contributed by atoms with Crippen LogP contribution in [0.3, 0.4) is 0 Å². The van der Waals surface area contributed by atoms with Crippen LogP contribution in [0, 0.1) is 5.92 Å². The van der Waals surface area contributed by atoms with Gasteiger partial charge in [0, 0.05) is 32.5 Å². The number of nitrogens with two attached hydrogens (primary N) is 9. The lowest BCUT2D eigenvalue weighted by Gasteiger charge is -2.28. The molecule has 0 bridgehead atoms. The Hall–Kier alpha value is -8.35. The molecule has 0 unspecified atom stereocenters. The lowest BCUT2D eigenvalue weighted by molar-refractivity contribution is -0.142. The van der Waals surface area contributed by atoms with Gasteiger partial charge in [0.1, 0.15) is 36.3 Å². The predicted octanol–water partition coefficient (Wildman–Crippen LogP) is -6.62. The van der Waals surface area contributed by atoms with Crippen molar-refractivity contribution >= 4 is 77.0 Å². The summed E-state index contributed by atoms with van der Waals surface area (Å²) < 4.78 is 0. The van der Waals surface area contributed by atoms with Crippen LogP contribution < -0.4 is 94.1 Å². The van der Waals surface area contributed by atoms with Crippen LogP contribution in [0.1, 0.15) is 96.5 Å². The number of carbonyl (C=O) groups is 10. The van der Waals surface area contributed by atoms with Gasteiger partial charge in [-0.05, 0) is 82.2 Å². The Morgan fingerprint density at radius 2 is 0.937 bits per heavy atom. The zero-order valence-corrected chi connectivity index (χ0v) is 45.0. The number of nitrogens with zero attached hydrogens (tertiary/aromatic N) is 3. The van der Waals surface area contributed by atoms with Gasteiger partial charge >= 0.3 is 5.97 Å². The van der Waals surface area contributed by atoms with Crippen LogP contribution in [0.2, 0.25) is 0 Å². The van der Waals surface area contributed by atoms with E-state index in [2.05, 4.69) is 57.5 Å². The van der Waals surface area contributed by atoms with E-state index >= 15 is 0 Å². The molecule has 0 saturated heterocycles. The van der Waals surface area contributed by atoms with E-state index in [9.17, 15) is 53.1 Å². The molecule has 79 heavy (non-hydrogen) atoms. The van der Waals surface area contributed by atoms with Gasteiger partial charge in [0.25, 0.3) is 0 Å². The summed E-state index contributed by atoms with van der Waals surface area (Å²) in [5, 5.41) is 30.0. The summed E-state index contributed by atoms with van der Waals surface area (Å²) in [5.74, 6) is -10.0. The van der Waals surface area contributed by atoms with E-state index in [1.54, 1.807) is 44.2 Å². The van der Waals surface area contributed by atoms with Gasteiger partial charge in [-0.3, -0.25) is 58.1 Å². The first-order valence-electron chi connectivity index (χ1n) is 25.9. The van der Waals surface area contributed by atoms with Crippen molar-refractivity contribution in [1.29, 1.82) is 0 Å². The molecule has 8 atom stereocenters. The third kappa shape index (κ3) is 30.3. The molecule has 0 spiro atoms. The minimum Gasteiger partial charge on any atom is -0.480 e. The molecule has 31 nitrogen and oxygen atoms in total. The smallest absolute Gasteiger partial charge is 0.326 e. The average Bonchev–Trinajstić information content (AvgIpc) is 3.39. The fourth-order valence-electron chi connectivity index (χ4n) is 7.40. The van der Waals surface area contributed by atoms with Crippen molar-refractivity contribution in [2.75, 3.05) is 39.3 Å². The van der Waals surface area contributed by atoms with Crippen molar-refractivity contribution in [3.63, 3.8) is 0 Å². The quantitative estimate of drug-likeness (QED) is 0.0165. The molecule has 0 aliphatic heterocycles. The lowest BCUT2D eigenvalue weighted by Crippen LogP contribution is -2.59. The van der Waals surface area contributed by atoms with E-state index in [-0.39, 0.29) is 95.4 Å². The number of hydrogen-bond donors (Lipinski definition) is 18. The number of amides is 9. The van der Waals surface area contributed by atoms with Gasteiger partial charge in [-0.1, -0.05) is 50.6 Å². The van der Waals surface area contributed by atoms with Crippen LogP contribution in [-0.4, -0.2) is 164 Å². The molecule has 0 radical (unpaired) electrons. The third-order valence-corrected chi connectivity index (χ3v) is 11.9. The first-order valence-corrected chi connectivity index (χ1v) is 25.9. The molecule has 0 fully saturated rings. The Bertz CT molecular complexity index is 2240. The number of carbonyl (C=O) groups excluding carboxylic acids is 9. The number of unbranched alkanes of at least 4 members (excludes halogenated alkanes) is 1. The van der Waals surface area contributed by atoms with Crippen LogP contribution in [0.4, 0.5) is 0 Å². The number of hydrogen-bond acceptors (Lipinski definition) is 15. The fourth-order valence-corrected chi connectivity index (χ4v) is 7.40. The second-order valence-electron chi connectivity index (χ2n) is 18.5. The zero-order valence-electron chi connectivity index (χ0n) is 45.0. The van der Waals surface area contributed by atoms with Gasteiger partial charge in [-0.2, -0.15) is 0 Å². The minimum atomic E-state index is -1.55. The summed E-state index contributed by atoms with van der Waals surface area (Å²) in [6.45, 7) is 2.62. The van der Waals surface area contributed by atoms with E-state index in [0.29, 0.717) is 31.2 Å². The number of guanidine groups is 3. The maximum Gasteiger partial charge on any atom is 0.326 e. The van der Waals surface area contributed by atoms with Gasteiger partial charge in [0.15, 0.2) is 17.9 Å². The Kier molecular flexibility index (Phi) is 33.2. The first kappa shape index (κ1) is 68.7. The predicted molar refractivity (Wildman–Crippen MR) is 294 cm³/mol. The molecule has 9 amide bonds. The molecule has 1 aromatic rings. The van der Waals surface area contributed by atoms with Crippen LogP contribution in [0.25, 0.3) is 0 Å². The summed E-state index contributed by atoms with van der Waals surface area (Å²) in [7, 11) is 0. The van der Waals surface area contributed by atoms with E-state index in [1.807, 2.05) is 0 Å². The number of aliphatic imine (C=N–C) groups is 3. The molecule has 1 rings (SSSR count). The van der Waals surface area contributed by atoms with E-state index in [1.165, 1.54) is 0 Å². The molecule has 0 aliphatic carbocycles. The number of primary amides is 1. The van der Waals surface area contributed by atoms with E-state index in [0.717, 1.165) is 0 Å². The van der Waals surface area contributed by atoms with E-state index in [4.69, 9.17) is 51.6 Å². The Labute approximate surface area is 458 Å². The molecular weight excluding hydrogens is 1030 g/mol. The van der Waals surface area contributed by atoms with Crippen molar-refractivity contribution in [3.8, 4) is 0 Å². The minimum absolute atomic E-state index is 0.00577. The molecule has 31 heteroatoms. The highest BCUT2D eigenvalue weighted by atomic mass is 16.4. The van der Waals surface area contributed by atoms with E-state index < -0.39 is 127 Å². The Balaban J connectivity index is 3.36. The molecule has 0 heterocycles. The van der Waals surface area contributed by atoms with Crippen molar-refractivity contribution < 1.29 is 53.1 Å². The summed E-state index contributed by atoms with van der Waals surface area (Å²) in [5.41, 5.74) is 50.2. The van der Waals surface area contributed by atoms with Crippen molar-refractivity contribution in [3.05, 3.63) is 35.9 Å². The molecule has 0 saturated carbocycles. The molecule has 27 N–H and O–H groups in total. The Morgan fingerprint density at radius 1 is 0.519 bits per heavy atom. The van der Waals surface area contributed by atoms with Crippen LogP contribution in [-0.2, 0) is 54.4 Å². The summed E-state index contributed by atoms with van der Waals surface area (Å²) in [6, 6.07) is -0.643. The largest absolute Gasteiger partial charge is 0.480 e. The van der Waals surface area contributed by atoms with Crippen LogP contribution >= 0.6 is 0 Å². The molecular formula is C48H84N20O11. The van der Waals surface area contributed by atoms with Gasteiger partial charge in [0.05, 0.1) is 19.1 Å². The normalized spacial score (nSPS) is 13.8. The highest BCUT2D eigenvalue weighted by Crippen LogP contribution is 2.12. The van der Waals surface area contributed by atoms with Gasteiger partial charge < -0.3 is 99.2 Å². The summed E-state index contributed by atoms with van der Waals surface area (Å²) in [4.78, 5) is 144. The number of benzene rings is 1. The SMILES string of the molecule is CC[C@H](C)[C@H](NC(=O)[C@H](CCC(N)=O)NC(=O)[C@H](CCCN=C(N)N)NC(=O)[C@H](CCCN=C(N)N)NC(=O)CNC(=O)[C@@H](N)CCCN=C(N)N)C(=O)NCC(=O)N[C@@H](CCCCN)C(=O)N[C@@H](Cc1ccccc1)C(=O)O. The van der Waals surface area contributed by atoms with Crippen molar-refractivity contribution in [1.82, 2.24) is 42.5 Å². The highest BCUT2D eigenvalue weighted by molar-refractivity contribution is 5.97. The summed E-state index contributed by atoms with van der Waals surface area (Å²) >= 11 is 0. The second-order valence-corrected chi connectivity index (χ2v) is 18.5. The molecule has 442 valence electrons. The van der Waals surface area contributed by atoms with Gasteiger partial charge in [-0.15, -0.1) is 0 Å². The van der Waals surface area contributed by atoms with Crippen molar-refractivity contribution in [2.45, 2.75) is 140 Å². The van der Waals surface area contributed by atoms with Gasteiger partial charge in [-0.25, -0.2) is 4.79 Å². The van der Waals surface area contributed by atoms with Crippen LogP contribution in [0.5, 0.6) is 0 Å². The lowest BCUT2D eigenvalue weighted by atomic mass is 9.97. The van der Waals surface area contributed by atoms with Gasteiger partial charge in [0.2, 0.25) is 53.2 Å². The Morgan fingerprint density at radius 3 is 1.38 bits per heavy atom. The van der Waals surface area contributed by atoms with Crippen LogP contribution in [0.15, 0.2) is 45.3 Å². The summed E-state index contributed by atoms with van der Waals surface area (Å²) in [6.07, 6.45) is 1.01. The highest BCUT2D eigenvalue weighted by Gasteiger charge is 2.34. The maximum absolute atomic E-state index is 14.2. The number of aliphatic carboxylic acids is 1. The second kappa shape index (κ2) is 38.2. The van der Waals surface area contributed by atoms with Crippen molar-refractivity contribution in [2.24, 2.45) is 72.5 Å². The third-order valence-electron chi connectivity index (χ3n) is 11.9. The number of carboxylic acids is 1. The standard InChI is InChI=1S/C48H84N20O11/c1-3-27(2)38(44(77)62-26-37(71)63-30(15-7-8-20-49)41(74)67-34(45(78)79)24-28-12-5-4-6-13-28)68-43(76)33(18-19-35(51)69)66-42(75)32(17-11-23-60-48(56)57)65-40(73)31(16-10-22-59-47(54)55)64-36(70)25-61-39(72)29(50)14-9-21-58-46(52)53/h4-6,12-13,27,29-34,38H,3,7-11,14-26,49-50H2,1-2H3,(H2,51,69)(H,61,72)(H,62,77)(H,63,71)(H,64,70)(H,65,73)(H,66,75)(H,67,74)(H,68,76)(H,78,79)(H4,52,53,58)(H4,54,55,59)(H4,56,57,60)/t27-,29-,30-,31-,32-,33-,34-,38-/m0/s1. The monoisotopic (exact) mass is 1120 g/mol. The molecule has 0 aromatic heterocycles. The first-order chi connectivity index (χ1) is 37.4. The maximum atomic E-state index is 14.2. The number of nitrogens with one attached hydrogen (secondary N) is 8. The fraction of sp³-hybridized carbons (Fsp3) is 0.604. The topological polar surface area (TPSA) is 558 Å². The molecule has 1 aromatic carbocycles.